The van der Waals surface area contributed by atoms with Crippen molar-refractivity contribution in [3.63, 3.8) is 0 Å². The molecule has 0 atom stereocenters. The normalized spacial score (nSPS) is 16.9. The van der Waals surface area contributed by atoms with Gasteiger partial charge in [0.05, 0.1) is 6.61 Å². The Kier molecular flexibility index (Phi) is 4.75. The molecule has 1 saturated heterocycles. The molecule has 0 radical (unpaired) electrons. The lowest BCUT2D eigenvalue weighted by atomic mass is 10.00. The average Bonchev–Trinajstić information content (AvgIpc) is 2.40. The van der Waals surface area contributed by atoms with Crippen LogP contribution >= 0.6 is 0 Å². The van der Waals surface area contributed by atoms with Gasteiger partial charge in [-0.15, -0.1) is 0 Å². The zero-order valence-corrected chi connectivity index (χ0v) is 11.2. The van der Waals surface area contributed by atoms with E-state index in [0.29, 0.717) is 6.61 Å². The standard InChI is InChI=1S/C13H22N4O/c1-11-4-8-17(9-5-11)13-15-6-3-12(16-13)14-7-10-18-2/h3,6,11H,4-5,7-10H2,1-2H3,(H,14,15,16). The Labute approximate surface area is 109 Å². The maximum atomic E-state index is 5.01. The van der Waals surface area contributed by atoms with Crippen LogP contribution in [0, 0.1) is 5.92 Å². The molecule has 0 unspecified atom stereocenters. The summed E-state index contributed by atoms with van der Waals surface area (Å²) >= 11 is 0. The summed E-state index contributed by atoms with van der Waals surface area (Å²) in [5.41, 5.74) is 0. The molecule has 100 valence electrons. The van der Waals surface area contributed by atoms with E-state index in [9.17, 15) is 0 Å². The molecule has 1 aliphatic rings. The summed E-state index contributed by atoms with van der Waals surface area (Å²) in [6.07, 6.45) is 4.27. The fourth-order valence-corrected chi connectivity index (χ4v) is 2.09. The fraction of sp³-hybridized carbons (Fsp3) is 0.692. The van der Waals surface area contributed by atoms with Crippen molar-refractivity contribution in [2.75, 3.05) is 43.6 Å². The predicted octanol–water partition coefficient (Wildman–Crippen LogP) is 1.77. The van der Waals surface area contributed by atoms with E-state index in [0.717, 1.165) is 37.3 Å². The second-order valence-corrected chi connectivity index (χ2v) is 4.83. The summed E-state index contributed by atoms with van der Waals surface area (Å²) in [7, 11) is 1.70. The number of hydrogen-bond donors (Lipinski definition) is 1. The van der Waals surface area contributed by atoms with Gasteiger partial charge in [0.25, 0.3) is 0 Å². The Hall–Kier alpha value is -1.36. The summed E-state index contributed by atoms with van der Waals surface area (Å²) in [5, 5.41) is 3.23. The Bertz CT molecular complexity index is 364. The second kappa shape index (κ2) is 6.54. The minimum atomic E-state index is 0.681. The molecule has 5 heteroatoms. The number of nitrogens with zero attached hydrogens (tertiary/aromatic N) is 3. The maximum Gasteiger partial charge on any atom is 0.227 e. The average molecular weight is 250 g/mol. The highest BCUT2D eigenvalue weighted by molar-refractivity contribution is 5.41. The number of ether oxygens (including phenoxy) is 1. The minimum absolute atomic E-state index is 0.681. The number of hydrogen-bond acceptors (Lipinski definition) is 5. The third kappa shape index (κ3) is 3.57. The van der Waals surface area contributed by atoms with E-state index in [1.807, 2.05) is 12.3 Å². The molecule has 0 bridgehead atoms. The first-order valence-electron chi connectivity index (χ1n) is 6.60. The van der Waals surface area contributed by atoms with Crippen molar-refractivity contribution >= 4 is 11.8 Å². The van der Waals surface area contributed by atoms with Gasteiger partial charge in [-0.3, -0.25) is 0 Å². The fourth-order valence-electron chi connectivity index (χ4n) is 2.09. The first-order valence-corrected chi connectivity index (χ1v) is 6.60. The van der Waals surface area contributed by atoms with Crippen LogP contribution in [-0.4, -0.2) is 43.3 Å². The molecule has 0 amide bonds. The molecule has 0 saturated carbocycles. The summed E-state index contributed by atoms with van der Waals surface area (Å²) in [6.45, 7) is 5.87. The maximum absolute atomic E-state index is 5.01. The van der Waals surface area contributed by atoms with Crippen molar-refractivity contribution < 1.29 is 4.74 Å². The van der Waals surface area contributed by atoms with Crippen LogP contribution in [0.5, 0.6) is 0 Å². The van der Waals surface area contributed by atoms with Crippen molar-refractivity contribution in [1.29, 1.82) is 0 Å². The molecule has 2 rings (SSSR count). The first kappa shape index (κ1) is 13.1. The number of aromatic nitrogens is 2. The van der Waals surface area contributed by atoms with E-state index in [4.69, 9.17) is 4.74 Å². The van der Waals surface area contributed by atoms with Gasteiger partial charge in [-0.2, -0.15) is 4.98 Å². The molecule has 2 heterocycles. The van der Waals surface area contributed by atoms with Crippen molar-refractivity contribution in [3.8, 4) is 0 Å². The molecular formula is C13H22N4O. The lowest BCUT2D eigenvalue weighted by molar-refractivity contribution is 0.210. The minimum Gasteiger partial charge on any atom is -0.383 e. The number of rotatable bonds is 5. The van der Waals surface area contributed by atoms with Gasteiger partial charge in [-0.05, 0) is 24.8 Å². The quantitative estimate of drug-likeness (QED) is 0.807. The van der Waals surface area contributed by atoms with Crippen molar-refractivity contribution in [3.05, 3.63) is 12.3 Å². The second-order valence-electron chi connectivity index (χ2n) is 4.83. The summed E-state index contributed by atoms with van der Waals surface area (Å²) in [6, 6.07) is 1.89. The lowest BCUT2D eigenvalue weighted by Gasteiger charge is -2.30. The van der Waals surface area contributed by atoms with Crippen LogP contribution in [0.4, 0.5) is 11.8 Å². The third-order valence-electron chi connectivity index (χ3n) is 3.32. The van der Waals surface area contributed by atoms with Gasteiger partial charge in [0.15, 0.2) is 0 Å². The largest absolute Gasteiger partial charge is 0.383 e. The van der Waals surface area contributed by atoms with E-state index in [1.165, 1.54) is 12.8 Å². The lowest BCUT2D eigenvalue weighted by Crippen LogP contribution is -2.34. The SMILES string of the molecule is COCCNc1ccnc(N2CCC(C)CC2)n1. The Morgan fingerprint density at radius 1 is 1.44 bits per heavy atom. The van der Waals surface area contributed by atoms with Crippen molar-refractivity contribution in [1.82, 2.24) is 9.97 Å². The van der Waals surface area contributed by atoms with Gasteiger partial charge < -0.3 is 15.0 Å². The number of piperidine rings is 1. The van der Waals surface area contributed by atoms with Gasteiger partial charge in [-0.25, -0.2) is 4.98 Å². The van der Waals surface area contributed by atoms with E-state index >= 15 is 0 Å². The molecule has 5 nitrogen and oxygen atoms in total. The highest BCUT2D eigenvalue weighted by atomic mass is 16.5. The molecule has 1 aromatic rings. The molecule has 0 aromatic carbocycles. The summed E-state index contributed by atoms with van der Waals surface area (Å²) in [4.78, 5) is 11.2. The van der Waals surface area contributed by atoms with Crippen LogP contribution < -0.4 is 10.2 Å². The van der Waals surface area contributed by atoms with Gasteiger partial charge >= 0.3 is 0 Å². The molecule has 1 fully saturated rings. The van der Waals surface area contributed by atoms with E-state index in [1.54, 1.807) is 7.11 Å². The smallest absolute Gasteiger partial charge is 0.227 e. The zero-order chi connectivity index (χ0) is 12.8. The van der Waals surface area contributed by atoms with Crippen LogP contribution in [0.25, 0.3) is 0 Å². The third-order valence-corrected chi connectivity index (χ3v) is 3.32. The zero-order valence-electron chi connectivity index (χ0n) is 11.2. The van der Waals surface area contributed by atoms with E-state index < -0.39 is 0 Å². The number of methoxy groups -OCH3 is 1. The van der Waals surface area contributed by atoms with Crippen LogP contribution in [0.2, 0.25) is 0 Å². The molecule has 1 aliphatic heterocycles. The molecule has 1 aromatic heterocycles. The Morgan fingerprint density at radius 2 is 2.22 bits per heavy atom. The molecule has 18 heavy (non-hydrogen) atoms. The Balaban J connectivity index is 1.94. The van der Waals surface area contributed by atoms with E-state index in [2.05, 4.69) is 27.1 Å². The van der Waals surface area contributed by atoms with Gasteiger partial charge in [0.2, 0.25) is 5.95 Å². The number of nitrogens with one attached hydrogen (secondary N) is 1. The van der Waals surface area contributed by atoms with Gasteiger partial charge in [0.1, 0.15) is 5.82 Å². The molecule has 0 spiro atoms. The van der Waals surface area contributed by atoms with Crippen LogP contribution in [0.15, 0.2) is 12.3 Å². The molecular weight excluding hydrogens is 228 g/mol. The monoisotopic (exact) mass is 250 g/mol. The van der Waals surface area contributed by atoms with Crippen LogP contribution in [-0.2, 0) is 4.74 Å². The van der Waals surface area contributed by atoms with Gasteiger partial charge in [-0.1, -0.05) is 6.92 Å². The van der Waals surface area contributed by atoms with Crippen molar-refractivity contribution in [2.24, 2.45) is 5.92 Å². The highest BCUT2D eigenvalue weighted by Crippen LogP contribution is 2.20. The predicted molar refractivity (Wildman–Crippen MR) is 73.0 cm³/mol. The molecule has 1 N–H and O–H groups in total. The Morgan fingerprint density at radius 3 is 2.94 bits per heavy atom. The molecule has 0 aliphatic carbocycles. The summed E-state index contributed by atoms with van der Waals surface area (Å²) in [5.74, 6) is 2.53. The summed E-state index contributed by atoms with van der Waals surface area (Å²) < 4.78 is 5.01. The van der Waals surface area contributed by atoms with E-state index in [-0.39, 0.29) is 0 Å². The van der Waals surface area contributed by atoms with Crippen LogP contribution in [0.1, 0.15) is 19.8 Å². The first-order chi connectivity index (χ1) is 8.79. The highest BCUT2D eigenvalue weighted by Gasteiger charge is 2.17. The van der Waals surface area contributed by atoms with Crippen LogP contribution in [0.3, 0.4) is 0 Å². The van der Waals surface area contributed by atoms with Crippen molar-refractivity contribution in [2.45, 2.75) is 19.8 Å². The van der Waals surface area contributed by atoms with Gasteiger partial charge in [0, 0.05) is 32.9 Å². The number of anilines is 2. The topological polar surface area (TPSA) is 50.3 Å².